The van der Waals surface area contributed by atoms with Gasteiger partial charge in [0.1, 0.15) is 0 Å². The molecule has 2 saturated carbocycles. The summed E-state index contributed by atoms with van der Waals surface area (Å²) in [7, 11) is 0. The average Bonchev–Trinajstić information content (AvgIpc) is 2.48. The maximum atomic E-state index is 3.88. The van der Waals surface area contributed by atoms with Crippen LogP contribution in [0.1, 0.15) is 71.1 Å². The zero-order valence-corrected chi connectivity index (χ0v) is 12.8. The molecule has 0 bridgehead atoms. The summed E-state index contributed by atoms with van der Waals surface area (Å²) < 4.78 is 0. The highest BCUT2D eigenvalue weighted by atomic mass is 15.2. The molecule has 0 radical (unpaired) electrons. The van der Waals surface area contributed by atoms with Crippen LogP contribution in [-0.2, 0) is 0 Å². The topological polar surface area (TPSA) is 15.3 Å². The molecule has 1 spiro atoms. The van der Waals surface area contributed by atoms with Crippen molar-refractivity contribution in [2.75, 3.05) is 19.6 Å². The first kappa shape index (κ1) is 13.9. The lowest BCUT2D eigenvalue weighted by Gasteiger charge is -2.49. The summed E-state index contributed by atoms with van der Waals surface area (Å²) in [5.74, 6) is 0.979. The van der Waals surface area contributed by atoms with Crippen molar-refractivity contribution in [2.24, 2.45) is 5.92 Å². The van der Waals surface area contributed by atoms with E-state index in [-0.39, 0.29) is 0 Å². The molecule has 0 aromatic heterocycles. The lowest BCUT2D eigenvalue weighted by molar-refractivity contribution is 0.0444. The van der Waals surface area contributed by atoms with Gasteiger partial charge in [0.25, 0.3) is 0 Å². The predicted octanol–water partition coefficient (Wildman–Crippen LogP) is 3.56. The van der Waals surface area contributed by atoms with Crippen LogP contribution in [0.25, 0.3) is 0 Å². The van der Waals surface area contributed by atoms with Crippen LogP contribution in [0.2, 0.25) is 0 Å². The Hall–Kier alpha value is -0.0800. The fourth-order valence-corrected chi connectivity index (χ4v) is 4.81. The van der Waals surface area contributed by atoms with Crippen LogP contribution in [0.15, 0.2) is 0 Å². The zero-order chi connectivity index (χ0) is 13.1. The summed E-state index contributed by atoms with van der Waals surface area (Å²) in [6.07, 6.45) is 14.6. The molecule has 0 amide bonds. The summed E-state index contributed by atoms with van der Waals surface area (Å²) in [5, 5.41) is 3.88. The molecule has 3 aliphatic rings. The standard InChI is InChI=1S/C17H32N2/c1-15(16-8-4-2-5-9-16)19-13-12-18-17(14-19)10-6-3-7-11-17/h15-16,18H,2-14H2,1H3. The Morgan fingerprint density at radius 1 is 1.00 bits per heavy atom. The molecule has 1 heterocycles. The first-order valence-electron chi connectivity index (χ1n) is 8.78. The predicted molar refractivity (Wildman–Crippen MR) is 81.4 cm³/mol. The second kappa shape index (κ2) is 6.13. The van der Waals surface area contributed by atoms with Gasteiger partial charge in [0.2, 0.25) is 0 Å². The highest BCUT2D eigenvalue weighted by Gasteiger charge is 2.38. The van der Waals surface area contributed by atoms with E-state index in [0.29, 0.717) is 5.54 Å². The van der Waals surface area contributed by atoms with Crippen molar-refractivity contribution >= 4 is 0 Å². The van der Waals surface area contributed by atoms with Crippen molar-refractivity contribution in [3.05, 3.63) is 0 Å². The van der Waals surface area contributed by atoms with E-state index in [1.807, 2.05) is 0 Å². The van der Waals surface area contributed by atoms with E-state index in [1.165, 1.54) is 83.8 Å². The molecule has 1 N–H and O–H groups in total. The molecule has 0 aromatic carbocycles. The van der Waals surface area contributed by atoms with E-state index in [1.54, 1.807) is 0 Å². The molecule has 1 aliphatic heterocycles. The minimum atomic E-state index is 0.486. The van der Waals surface area contributed by atoms with E-state index in [9.17, 15) is 0 Å². The third-order valence-corrected chi connectivity index (χ3v) is 6.12. The van der Waals surface area contributed by atoms with Gasteiger partial charge >= 0.3 is 0 Å². The molecule has 3 fully saturated rings. The van der Waals surface area contributed by atoms with Crippen LogP contribution in [0.4, 0.5) is 0 Å². The van der Waals surface area contributed by atoms with Gasteiger partial charge in [-0.05, 0) is 38.5 Å². The van der Waals surface area contributed by atoms with E-state index in [0.717, 1.165) is 12.0 Å². The molecule has 1 atom stereocenters. The second-order valence-corrected chi connectivity index (χ2v) is 7.38. The lowest BCUT2D eigenvalue weighted by Crippen LogP contribution is -2.63. The van der Waals surface area contributed by atoms with Gasteiger partial charge in [-0.2, -0.15) is 0 Å². The van der Waals surface area contributed by atoms with Crippen molar-refractivity contribution in [1.82, 2.24) is 10.2 Å². The Labute approximate surface area is 119 Å². The quantitative estimate of drug-likeness (QED) is 0.820. The molecular formula is C17H32N2. The normalized spacial score (nSPS) is 31.4. The van der Waals surface area contributed by atoms with Gasteiger partial charge in [-0.3, -0.25) is 4.90 Å². The second-order valence-electron chi connectivity index (χ2n) is 7.38. The molecule has 2 nitrogen and oxygen atoms in total. The summed E-state index contributed by atoms with van der Waals surface area (Å²) >= 11 is 0. The van der Waals surface area contributed by atoms with Crippen LogP contribution in [0.5, 0.6) is 0 Å². The van der Waals surface area contributed by atoms with Crippen LogP contribution in [-0.4, -0.2) is 36.1 Å². The van der Waals surface area contributed by atoms with Gasteiger partial charge in [-0.15, -0.1) is 0 Å². The summed E-state index contributed by atoms with van der Waals surface area (Å²) in [4.78, 5) is 2.83. The van der Waals surface area contributed by atoms with Crippen molar-refractivity contribution in [3.8, 4) is 0 Å². The van der Waals surface area contributed by atoms with Crippen LogP contribution in [0, 0.1) is 5.92 Å². The molecule has 0 aromatic rings. The zero-order valence-electron chi connectivity index (χ0n) is 12.8. The van der Waals surface area contributed by atoms with Gasteiger partial charge in [0, 0.05) is 31.2 Å². The van der Waals surface area contributed by atoms with Crippen molar-refractivity contribution in [3.63, 3.8) is 0 Å². The highest BCUT2D eigenvalue weighted by molar-refractivity contribution is 4.98. The van der Waals surface area contributed by atoms with Crippen molar-refractivity contribution < 1.29 is 0 Å². The average molecular weight is 264 g/mol. The fourth-order valence-electron chi connectivity index (χ4n) is 4.81. The Morgan fingerprint density at radius 3 is 2.42 bits per heavy atom. The first-order chi connectivity index (χ1) is 9.29. The van der Waals surface area contributed by atoms with E-state index in [2.05, 4.69) is 17.1 Å². The summed E-state index contributed by atoms with van der Waals surface area (Å²) in [6.45, 7) is 6.33. The maximum absolute atomic E-state index is 3.88. The molecule has 2 heteroatoms. The van der Waals surface area contributed by atoms with Crippen LogP contribution in [0.3, 0.4) is 0 Å². The van der Waals surface area contributed by atoms with E-state index < -0.39 is 0 Å². The molecule has 1 saturated heterocycles. The van der Waals surface area contributed by atoms with Gasteiger partial charge in [0.05, 0.1) is 0 Å². The minimum Gasteiger partial charge on any atom is -0.309 e. The molecule has 2 aliphatic carbocycles. The number of nitrogens with one attached hydrogen (secondary N) is 1. The Kier molecular flexibility index (Phi) is 4.48. The van der Waals surface area contributed by atoms with Crippen molar-refractivity contribution in [1.29, 1.82) is 0 Å². The highest BCUT2D eigenvalue weighted by Crippen LogP contribution is 2.34. The van der Waals surface area contributed by atoms with Gasteiger partial charge in [0.15, 0.2) is 0 Å². The largest absolute Gasteiger partial charge is 0.309 e. The molecule has 19 heavy (non-hydrogen) atoms. The van der Waals surface area contributed by atoms with Gasteiger partial charge in [-0.25, -0.2) is 0 Å². The Morgan fingerprint density at radius 2 is 1.68 bits per heavy atom. The monoisotopic (exact) mass is 264 g/mol. The Balaban J connectivity index is 1.60. The van der Waals surface area contributed by atoms with Gasteiger partial charge in [-0.1, -0.05) is 38.5 Å². The molecular weight excluding hydrogens is 232 g/mol. The smallest absolute Gasteiger partial charge is 0.0309 e. The number of rotatable bonds is 2. The van der Waals surface area contributed by atoms with Crippen LogP contribution < -0.4 is 5.32 Å². The Bertz CT molecular complexity index is 271. The molecule has 1 unspecified atom stereocenters. The number of piperazine rings is 1. The number of hydrogen-bond acceptors (Lipinski definition) is 2. The van der Waals surface area contributed by atoms with Crippen molar-refractivity contribution in [2.45, 2.75) is 82.7 Å². The maximum Gasteiger partial charge on any atom is 0.0309 e. The summed E-state index contributed by atoms with van der Waals surface area (Å²) in [5.41, 5.74) is 0.486. The number of nitrogens with zero attached hydrogens (tertiary/aromatic N) is 1. The summed E-state index contributed by atoms with van der Waals surface area (Å²) in [6, 6.07) is 0.821. The first-order valence-corrected chi connectivity index (χ1v) is 8.78. The van der Waals surface area contributed by atoms with Crippen LogP contribution >= 0.6 is 0 Å². The SMILES string of the molecule is CC(C1CCCCC1)N1CCNC2(CCCCC2)C1. The van der Waals surface area contributed by atoms with E-state index >= 15 is 0 Å². The minimum absolute atomic E-state index is 0.486. The lowest BCUT2D eigenvalue weighted by atomic mass is 9.78. The third kappa shape index (κ3) is 3.16. The van der Waals surface area contributed by atoms with E-state index in [4.69, 9.17) is 0 Å². The van der Waals surface area contributed by atoms with Gasteiger partial charge < -0.3 is 5.32 Å². The fraction of sp³-hybridized carbons (Fsp3) is 1.00. The molecule has 3 rings (SSSR count). The third-order valence-electron chi connectivity index (χ3n) is 6.12. The number of hydrogen-bond donors (Lipinski definition) is 1. The molecule has 110 valence electrons.